The monoisotopic (exact) mass is 392 g/mol. The largest absolute Gasteiger partial charge is 0.346 e. The first-order valence-electron chi connectivity index (χ1n) is 9.57. The molecule has 0 bridgehead atoms. The lowest BCUT2D eigenvalue weighted by atomic mass is 10.1. The summed E-state index contributed by atoms with van der Waals surface area (Å²) >= 11 is 0. The van der Waals surface area contributed by atoms with Crippen molar-refractivity contribution in [2.75, 3.05) is 0 Å². The summed E-state index contributed by atoms with van der Waals surface area (Å²) in [4.78, 5) is 35.8. The van der Waals surface area contributed by atoms with E-state index in [1.165, 1.54) is 24.3 Å². The van der Waals surface area contributed by atoms with E-state index in [9.17, 15) is 19.7 Å². The Morgan fingerprint density at radius 3 is 2.59 bits per heavy atom. The molecule has 3 aromatic rings. The smallest absolute Gasteiger partial charge is 0.274 e. The van der Waals surface area contributed by atoms with E-state index in [1.54, 1.807) is 10.7 Å². The van der Waals surface area contributed by atoms with Crippen molar-refractivity contribution < 1.29 is 9.72 Å². The van der Waals surface area contributed by atoms with Crippen LogP contribution in [0.1, 0.15) is 47.8 Å². The molecule has 8 nitrogen and oxygen atoms in total. The quantitative estimate of drug-likeness (QED) is 0.529. The van der Waals surface area contributed by atoms with Crippen molar-refractivity contribution >= 4 is 22.4 Å². The second-order valence-corrected chi connectivity index (χ2v) is 7.17. The zero-order valence-corrected chi connectivity index (χ0v) is 15.7. The second-order valence-electron chi connectivity index (χ2n) is 7.17. The standard InChI is InChI=1S/C21H20N4O4/c26-20(14-6-5-9-16(12-14)25(28)29)22-13-19-17-10-3-4-11-18(17)21(27)24(23-19)15-7-1-2-8-15/h3-6,9-12,15H,1-2,7-8,13H2,(H,22,26). The molecule has 1 aliphatic rings. The van der Waals surface area contributed by atoms with Crippen molar-refractivity contribution in [3.05, 3.63) is 80.3 Å². The normalized spacial score (nSPS) is 14.2. The Morgan fingerprint density at radius 2 is 1.86 bits per heavy atom. The molecule has 0 spiro atoms. The van der Waals surface area contributed by atoms with Crippen molar-refractivity contribution in [3.63, 3.8) is 0 Å². The van der Waals surface area contributed by atoms with Crippen LogP contribution in [0.5, 0.6) is 0 Å². The molecule has 1 aliphatic carbocycles. The van der Waals surface area contributed by atoms with Crippen LogP contribution in [0, 0.1) is 10.1 Å². The number of rotatable bonds is 5. The molecule has 1 saturated carbocycles. The summed E-state index contributed by atoms with van der Waals surface area (Å²) in [7, 11) is 0. The van der Waals surface area contributed by atoms with Gasteiger partial charge < -0.3 is 5.32 Å². The molecule has 8 heteroatoms. The summed E-state index contributed by atoms with van der Waals surface area (Å²) in [6.07, 6.45) is 3.99. The van der Waals surface area contributed by atoms with Crippen molar-refractivity contribution in [2.24, 2.45) is 0 Å². The van der Waals surface area contributed by atoms with Gasteiger partial charge in [0.05, 0.1) is 28.6 Å². The predicted molar refractivity (Wildman–Crippen MR) is 108 cm³/mol. The minimum absolute atomic E-state index is 0.0818. The number of aromatic nitrogens is 2. The van der Waals surface area contributed by atoms with Crippen LogP contribution in [-0.2, 0) is 6.54 Å². The fourth-order valence-electron chi connectivity index (χ4n) is 3.83. The Bertz CT molecular complexity index is 1150. The molecule has 0 atom stereocenters. The maximum Gasteiger partial charge on any atom is 0.274 e. The van der Waals surface area contributed by atoms with E-state index in [4.69, 9.17) is 0 Å². The molecular formula is C21H20N4O4. The Hall–Kier alpha value is -3.55. The number of hydrogen-bond donors (Lipinski definition) is 1. The molecule has 4 rings (SSSR count). The van der Waals surface area contributed by atoms with Gasteiger partial charge >= 0.3 is 0 Å². The van der Waals surface area contributed by atoms with Gasteiger partial charge in [-0.25, -0.2) is 4.68 Å². The number of carbonyl (C=O) groups excluding carboxylic acids is 1. The molecule has 1 N–H and O–H groups in total. The van der Waals surface area contributed by atoms with Crippen LogP contribution >= 0.6 is 0 Å². The zero-order chi connectivity index (χ0) is 20.4. The van der Waals surface area contributed by atoms with Gasteiger partial charge in [0.1, 0.15) is 0 Å². The average Bonchev–Trinajstić information content (AvgIpc) is 3.28. The highest BCUT2D eigenvalue weighted by Gasteiger charge is 2.21. The minimum atomic E-state index is -0.538. The number of nitro groups is 1. The third-order valence-electron chi connectivity index (χ3n) is 5.31. The number of nitrogens with zero attached hydrogens (tertiary/aromatic N) is 3. The zero-order valence-electron chi connectivity index (χ0n) is 15.7. The fraction of sp³-hybridized carbons (Fsp3) is 0.286. The molecule has 0 radical (unpaired) electrons. The van der Waals surface area contributed by atoms with Crippen LogP contribution in [-0.4, -0.2) is 20.6 Å². The number of nitro benzene ring substituents is 1. The van der Waals surface area contributed by atoms with E-state index in [0.29, 0.717) is 16.5 Å². The van der Waals surface area contributed by atoms with E-state index in [-0.39, 0.29) is 29.4 Å². The average molecular weight is 392 g/mol. The van der Waals surface area contributed by atoms with Crippen LogP contribution in [0.3, 0.4) is 0 Å². The molecule has 1 heterocycles. The van der Waals surface area contributed by atoms with Crippen molar-refractivity contribution in [1.29, 1.82) is 0 Å². The van der Waals surface area contributed by atoms with Gasteiger partial charge in [0.15, 0.2) is 0 Å². The molecule has 0 saturated heterocycles. The first kappa shape index (κ1) is 18.8. The van der Waals surface area contributed by atoms with Gasteiger partial charge in [0.25, 0.3) is 17.2 Å². The van der Waals surface area contributed by atoms with Crippen molar-refractivity contribution in [2.45, 2.75) is 38.3 Å². The fourth-order valence-corrected chi connectivity index (χ4v) is 3.83. The molecule has 1 amide bonds. The highest BCUT2D eigenvalue weighted by molar-refractivity contribution is 5.95. The number of carbonyl (C=O) groups is 1. The first-order chi connectivity index (χ1) is 14.0. The number of benzene rings is 2. The van der Waals surface area contributed by atoms with Crippen LogP contribution in [0.4, 0.5) is 5.69 Å². The minimum Gasteiger partial charge on any atom is -0.346 e. The highest BCUT2D eigenvalue weighted by atomic mass is 16.6. The summed E-state index contributed by atoms with van der Waals surface area (Å²) in [5, 5.41) is 19.6. The maximum atomic E-state index is 12.9. The van der Waals surface area contributed by atoms with Crippen LogP contribution < -0.4 is 10.9 Å². The Morgan fingerprint density at radius 1 is 1.14 bits per heavy atom. The molecular weight excluding hydrogens is 372 g/mol. The maximum absolute atomic E-state index is 12.9. The Balaban J connectivity index is 1.64. The first-order valence-corrected chi connectivity index (χ1v) is 9.57. The number of hydrogen-bond acceptors (Lipinski definition) is 5. The summed E-state index contributed by atoms with van der Waals surface area (Å²) in [5.41, 5.74) is 0.552. The van der Waals surface area contributed by atoms with Crippen LogP contribution in [0.25, 0.3) is 10.8 Å². The summed E-state index contributed by atoms with van der Waals surface area (Å²) in [5.74, 6) is -0.432. The van der Waals surface area contributed by atoms with Crippen LogP contribution in [0.2, 0.25) is 0 Å². The molecule has 148 valence electrons. The SMILES string of the molecule is O=C(NCc1nn(C2CCCC2)c(=O)c2ccccc12)c1cccc([N+](=O)[O-])c1. The third kappa shape index (κ3) is 3.73. The van der Waals surface area contributed by atoms with Gasteiger partial charge in [0.2, 0.25) is 0 Å². The van der Waals surface area contributed by atoms with E-state index >= 15 is 0 Å². The molecule has 1 fully saturated rings. The number of nitrogens with one attached hydrogen (secondary N) is 1. The summed E-state index contributed by atoms with van der Waals surface area (Å²) in [6, 6.07) is 12.9. The van der Waals surface area contributed by atoms with Crippen LogP contribution in [0.15, 0.2) is 53.3 Å². The Labute approximate surface area is 166 Å². The predicted octanol–water partition coefficient (Wildman–Crippen LogP) is 3.35. The van der Waals surface area contributed by atoms with E-state index in [0.717, 1.165) is 25.7 Å². The van der Waals surface area contributed by atoms with Gasteiger partial charge in [-0.1, -0.05) is 37.1 Å². The molecule has 29 heavy (non-hydrogen) atoms. The van der Waals surface area contributed by atoms with E-state index in [2.05, 4.69) is 10.4 Å². The summed E-state index contributed by atoms with van der Waals surface area (Å²) in [6.45, 7) is 0.120. The van der Waals surface area contributed by atoms with Gasteiger partial charge in [0, 0.05) is 23.1 Å². The molecule has 2 aromatic carbocycles. The molecule has 0 unspecified atom stereocenters. The highest BCUT2D eigenvalue weighted by Crippen LogP contribution is 2.28. The van der Waals surface area contributed by atoms with E-state index in [1.807, 2.05) is 18.2 Å². The number of amides is 1. The second kappa shape index (κ2) is 7.83. The Kier molecular flexibility index (Phi) is 5.07. The van der Waals surface area contributed by atoms with Gasteiger partial charge in [-0.2, -0.15) is 5.10 Å². The van der Waals surface area contributed by atoms with Crippen molar-refractivity contribution in [3.8, 4) is 0 Å². The van der Waals surface area contributed by atoms with E-state index < -0.39 is 10.8 Å². The topological polar surface area (TPSA) is 107 Å². The lowest BCUT2D eigenvalue weighted by molar-refractivity contribution is -0.384. The number of fused-ring (bicyclic) bond motifs is 1. The molecule has 0 aliphatic heterocycles. The summed E-state index contributed by atoms with van der Waals surface area (Å²) < 4.78 is 1.56. The lowest BCUT2D eigenvalue weighted by Crippen LogP contribution is -2.30. The third-order valence-corrected chi connectivity index (χ3v) is 5.31. The molecule has 1 aromatic heterocycles. The lowest BCUT2D eigenvalue weighted by Gasteiger charge is -2.16. The van der Waals surface area contributed by atoms with Gasteiger partial charge in [-0.3, -0.25) is 19.7 Å². The van der Waals surface area contributed by atoms with Crippen molar-refractivity contribution in [1.82, 2.24) is 15.1 Å². The number of non-ortho nitro benzene ring substituents is 1. The van der Waals surface area contributed by atoms with Gasteiger partial charge in [-0.15, -0.1) is 0 Å². The van der Waals surface area contributed by atoms with Gasteiger partial charge in [-0.05, 0) is 25.0 Å².